The van der Waals surface area contributed by atoms with Gasteiger partial charge in [0.15, 0.2) is 0 Å². The fourth-order valence-corrected chi connectivity index (χ4v) is 3.43. The van der Waals surface area contributed by atoms with Gasteiger partial charge < -0.3 is 14.8 Å². The predicted octanol–water partition coefficient (Wildman–Crippen LogP) is 2.40. The van der Waals surface area contributed by atoms with E-state index in [2.05, 4.69) is 23.5 Å². The van der Waals surface area contributed by atoms with Gasteiger partial charge >= 0.3 is 0 Å². The summed E-state index contributed by atoms with van der Waals surface area (Å²) in [5.41, 5.74) is 1.54. The van der Waals surface area contributed by atoms with Crippen molar-refractivity contribution in [3.63, 3.8) is 0 Å². The molecule has 19 heavy (non-hydrogen) atoms. The molecule has 2 aliphatic heterocycles. The Labute approximate surface area is 115 Å². The fourth-order valence-electron chi connectivity index (χ4n) is 3.43. The van der Waals surface area contributed by atoms with E-state index in [-0.39, 0.29) is 5.60 Å². The van der Waals surface area contributed by atoms with Crippen LogP contribution in [0.1, 0.15) is 24.8 Å². The summed E-state index contributed by atoms with van der Waals surface area (Å²) in [4.78, 5) is 0. The number of hydrogen-bond acceptors (Lipinski definition) is 3. The third-order valence-electron chi connectivity index (χ3n) is 4.46. The summed E-state index contributed by atoms with van der Waals surface area (Å²) in [6.07, 6.45) is 4.65. The lowest BCUT2D eigenvalue weighted by Gasteiger charge is -2.33. The van der Waals surface area contributed by atoms with Crippen LogP contribution in [0.4, 0.5) is 0 Å². The zero-order chi connectivity index (χ0) is 13.1. The zero-order valence-corrected chi connectivity index (χ0v) is 11.7. The van der Waals surface area contributed by atoms with Crippen molar-refractivity contribution in [1.82, 2.24) is 5.32 Å². The number of benzene rings is 1. The Balaban J connectivity index is 1.61. The lowest BCUT2D eigenvalue weighted by atomic mass is 9.84. The van der Waals surface area contributed by atoms with Crippen LogP contribution in [0.3, 0.4) is 0 Å². The monoisotopic (exact) mass is 261 g/mol. The molecule has 104 valence electrons. The molecule has 3 nitrogen and oxygen atoms in total. The normalized spacial score (nSPS) is 25.6. The number of ether oxygens (including phenoxy) is 2. The van der Waals surface area contributed by atoms with Crippen molar-refractivity contribution in [2.45, 2.75) is 31.3 Å². The molecule has 0 aromatic heterocycles. The molecule has 2 aliphatic rings. The molecule has 0 radical (unpaired) electrons. The van der Waals surface area contributed by atoms with Gasteiger partial charge in [-0.15, -0.1) is 0 Å². The summed E-state index contributed by atoms with van der Waals surface area (Å²) >= 11 is 0. The van der Waals surface area contributed by atoms with Crippen LogP contribution in [0.25, 0.3) is 0 Å². The second-order valence-corrected chi connectivity index (χ2v) is 5.87. The number of piperidine rings is 1. The Morgan fingerprint density at radius 2 is 2.21 bits per heavy atom. The maximum Gasteiger partial charge on any atom is 0.119 e. The van der Waals surface area contributed by atoms with Gasteiger partial charge in [-0.05, 0) is 62.4 Å². The first-order valence-electron chi connectivity index (χ1n) is 7.27. The molecule has 2 fully saturated rings. The molecular weight excluding hydrogens is 238 g/mol. The van der Waals surface area contributed by atoms with Crippen molar-refractivity contribution < 1.29 is 9.47 Å². The molecule has 0 amide bonds. The minimum atomic E-state index is 0.175. The molecule has 3 heteroatoms. The molecule has 0 bridgehead atoms. The third-order valence-corrected chi connectivity index (χ3v) is 4.46. The molecule has 1 aromatic rings. The quantitative estimate of drug-likeness (QED) is 0.906. The molecule has 1 N–H and O–H groups in total. The van der Waals surface area contributed by atoms with Gasteiger partial charge in [-0.25, -0.2) is 0 Å². The maximum absolute atomic E-state index is 6.15. The van der Waals surface area contributed by atoms with Gasteiger partial charge in [0.25, 0.3) is 0 Å². The summed E-state index contributed by atoms with van der Waals surface area (Å²) in [5, 5.41) is 3.42. The second-order valence-electron chi connectivity index (χ2n) is 5.87. The van der Waals surface area contributed by atoms with E-state index < -0.39 is 0 Å². The Hall–Kier alpha value is -1.06. The average molecular weight is 261 g/mol. The molecule has 1 spiro atoms. The van der Waals surface area contributed by atoms with Crippen molar-refractivity contribution in [2.24, 2.45) is 5.92 Å². The Kier molecular flexibility index (Phi) is 3.76. The molecule has 0 saturated carbocycles. The van der Waals surface area contributed by atoms with Crippen molar-refractivity contribution >= 4 is 0 Å². The van der Waals surface area contributed by atoms with E-state index in [0.29, 0.717) is 5.92 Å². The summed E-state index contributed by atoms with van der Waals surface area (Å²) in [5.74, 6) is 1.61. The second kappa shape index (κ2) is 5.51. The number of hydrogen-bond donors (Lipinski definition) is 1. The van der Waals surface area contributed by atoms with E-state index >= 15 is 0 Å². The topological polar surface area (TPSA) is 30.5 Å². The standard InChI is InChI=1S/C16H23NO2/c1-18-15-4-2-3-13(10-15)9-14-11-16(19-12-14)5-7-17-8-6-16/h2-4,10,14,17H,5-9,11-12H2,1H3. The van der Waals surface area contributed by atoms with Crippen molar-refractivity contribution in [3.8, 4) is 5.75 Å². The highest BCUT2D eigenvalue weighted by Gasteiger charge is 2.40. The van der Waals surface area contributed by atoms with Crippen LogP contribution in [0, 0.1) is 5.92 Å². The first-order valence-corrected chi connectivity index (χ1v) is 7.27. The van der Waals surface area contributed by atoms with Crippen LogP contribution < -0.4 is 10.1 Å². The summed E-state index contributed by atoms with van der Waals surface area (Å²) in [6, 6.07) is 8.41. The van der Waals surface area contributed by atoms with Crippen LogP contribution >= 0.6 is 0 Å². The van der Waals surface area contributed by atoms with Crippen LogP contribution in [-0.2, 0) is 11.2 Å². The largest absolute Gasteiger partial charge is 0.497 e. The summed E-state index contributed by atoms with van der Waals surface area (Å²) in [6.45, 7) is 3.12. The first-order chi connectivity index (χ1) is 9.30. The Morgan fingerprint density at radius 3 is 3.00 bits per heavy atom. The van der Waals surface area contributed by atoms with Gasteiger partial charge in [-0.2, -0.15) is 0 Å². The Bertz CT molecular complexity index is 427. The highest BCUT2D eigenvalue weighted by atomic mass is 16.5. The van der Waals surface area contributed by atoms with E-state index in [0.717, 1.165) is 31.9 Å². The van der Waals surface area contributed by atoms with E-state index in [9.17, 15) is 0 Å². The molecule has 0 aliphatic carbocycles. The minimum absolute atomic E-state index is 0.175. The molecule has 1 atom stereocenters. The zero-order valence-electron chi connectivity index (χ0n) is 11.7. The lowest BCUT2D eigenvalue weighted by molar-refractivity contribution is -0.0196. The number of rotatable bonds is 3. The molecular formula is C16H23NO2. The van der Waals surface area contributed by atoms with Crippen molar-refractivity contribution in [2.75, 3.05) is 26.8 Å². The van der Waals surface area contributed by atoms with Gasteiger partial charge in [-0.1, -0.05) is 12.1 Å². The van der Waals surface area contributed by atoms with Gasteiger partial charge in [-0.3, -0.25) is 0 Å². The van der Waals surface area contributed by atoms with Crippen molar-refractivity contribution in [1.29, 1.82) is 0 Å². The maximum atomic E-state index is 6.15. The highest BCUT2D eigenvalue weighted by Crippen LogP contribution is 2.38. The van der Waals surface area contributed by atoms with Crippen LogP contribution in [-0.4, -0.2) is 32.4 Å². The van der Waals surface area contributed by atoms with Gasteiger partial charge in [0.2, 0.25) is 0 Å². The first kappa shape index (κ1) is 12.9. The predicted molar refractivity (Wildman–Crippen MR) is 75.6 cm³/mol. The number of nitrogens with one attached hydrogen (secondary N) is 1. The SMILES string of the molecule is COc1cccc(CC2COC3(CCNCC3)C2)c1. The molecule has 1 unspecified atom stereocenters. The molecule has 1 aromatic carbocycles. The number of methoxy groups -OCH3 is 1. The van der Waals surface area contributed by atoms with Crippen LogP contribution in [0.2, 0.25) is 0 Å². The summed E-state index contributed by atoms with van der Waals surface area (Å²) < 4.78 is 11.4. The molecule has 3 rings (SSSR count). The van der Waals surface area contributed by atoms with Crippen LogP contribution in [0.15, 0.2) is 24.3 Å². The highest BCUT2D eigenvalue weighted by molar-refractivity contribution is 5.28. The lowest BCUT2D eigenvalue weighted by Crippen LogP contribution is -2.41. The fraction of sp³-hybridized carbons (Fsp3) is 0.625. The smallest absolute Gasteiger partial charge is 0.119 e. The van der Waals surface area contributed by atoms with Gasteiger partial charge in [0.05, 0.1) is 19.3 Å². The molecule has 2 saturated heterocycles. The van der Waals surface area contributed by atoms with E-state index in [1.54, 1.807) is 7.11 Å². The Morgan fingerprint density at radius 1 is 1.37 bits per heavy atom. The van der Waals surface area contributed by atoms with Crippen LogP contribution in [0.5, 0.6) is 5.75 Å². The van der Waals surface area contributed by atoms with E-state index in [1.165, 1.54) is 24.8 Å². The van der Waals surface area contributed by atoms with Crippen molar-refractivity contribution in [3.05, 3.63) is 29.8 Å². The minimum Gasteiger partial charge on any atom is -0.497 e. The van der Waals surface area contributed by atoms with E-state index in [4.69, 9.17) is 9.47 Å². The van der Waals surface area contributed by atoms with Gasteiger partial charge in [0.1, 0.15) is 5.75 Å². The molecule has 2 heterocycles. The van der Waals surface area contributed by atoms with E-state index in [1.807, 2.05) is 6.07 Å². The summed E-state index contributed by atoms with van der Waals surface area (Å²) in [7, 11) is 1.72. The average Bonchev–Trinajstić information content (AvgIpc) is 2.82. The third kappa shape index (κ3) is 2.93. The van der Waals surface area contributed by atoms with Gasteiger partial charge in [0, 0.05) is 0 Å².